The molecule has 0 amide bonds. The molecule has 310 valence electrons. The van der Waals surface area contributed by atoms with Gasteiger partial charge in [0.15, 0.2) is 0 Å². The van der Waals surface area contributed by atoms with Crippen molar-refractivity contribution in [3.8, 4) is 28.1 Å². The maximum Gasteiger partial charge on any atom is 0.0789 e. The summed E-state index contributed by atoms with van der Waals surface area (Å²) in [7, 11) is 0. The molecule has 0 N–H and O–H groups in total. The monoisotopic (exact) mass is 824 g/mol. The van der Waals surface area contributed by atoms with Crippen LogP contribution >= 0.6 is 0 Å². The van der Waals surface area contributed by atoms with Gasteiger partial charge in [-0.25, -0.2) is 4.98 Å². The number of hydrogen-bond donors (Lipinski definition) is 0. The molecule has 2 aromatic heterocycles. The third-order valence-corrected chi connectivity index (χ3v) is 16.5. The molecule has 1 unspecified atom stereocenters. The number of aromatic nitrogens is 2. The summed E-state index contributed by atoms with van der Waals surface area (Å²) >= 11 is 0. The number of para-hydroxylation sites is 1. The summed E-state index contributed by atoms with van der Waals surface area (Å²) in [4.78, 5) is 5.59. The molecule has 0 radical (unpaired) electrons. The van der Waals surface area contributed by atoms with Gasteiger partial charge in [0.2, 0.25) is 0 Å². The van der Waals surface area contributed by atoms with E-state index in [1.54, 1.807) is 5.57 Å². The van der Waals surface area contributed by atoms with Crippen LogP contribution in [-0.4, -0.2) is 9.55 Å². The molecular formula is C62H52N2. The van der Waals surface area contributed by atoms with Crippen LogP contribution in [0, 0.1) is 0 Å². The van der Waals surface area contributed by atoms with E-state index in [0.29, 0.717) is 11.8 Å². The van der Waals surface area contributed by atoms with Crippen molar-refractivity contribution in [2.75, 3.05) is 0 Å². The number of benzene rings is 7. The predicted molar refractivity (Wildman–Crippen MR) is 268 cm³/mol. The SMILES string of the molecule is C1=CC2=C(CC1)C1(c3ccccc32)c2ccccc2-c2c1ccc1c(-c3cccc(-n4c5ccc(C6CCCCC6)cc5c5cc(C6CCCCC6)ccc54)c3)nc3ccccc3c21. The van der Waals surface area contributed by atoms with Crippen molar-refractivity contribution >= 4 is 49.1 Å². The highest BCUT2D eigenvalue weighted by Gasteiger charge is 2.53. The van der Waals surface area contributed by atoms with Crippen molar-refractivity contribution in [2.24, 2.45) is 0 Å². The molecule has 2 heteroatoms. The van der Waals surface area contributed by atoms with Gasteiger partial charge in [-0.15, -0.1) is 0 Å². The topological polar surface area (TPSA) is 17.8 Å². The molecule has 2 fully saturated rings. The van der Waals surface area contributed by atoms with E-state index in [1.165, 1.54) is 158 Å². The van der Waals surface area contributed by atoms with Crippen molar-refractivity contribution in [3.63, 3.8) is 0 Å². The lowest BCUT2D eigenvalue weighted by Crippen LogP contribution is -2.27. The maximum absolute atomic E-state index is 5.59. The van der Waals surface area contributed by atoms with Crippen LogP contribution in [0.2, 0.25) is 0 Å². The standard InChI is InChI=1S/C62H52N2/c1-3-16-39(17-4-1)41-30-34-57-50(37-41)51-38-42(40-18-5-2-6-19-40)31-35-58(51)64(57)44-21-15-20-43(36-44)61-49-32-33-55-60(59(49)48-25-10-14-29-56(48)63-61)47-24-9-13-28-54(47)62(55)52-26-11-7-22-45(52)46-23-8-12-27-53(46)62/h7-11,13-15,20-26,28-40H,1-6,12,16-19,27H2. The Balaban J connectivity index is 0.993. The van der Waals surface area contributed by atoms with Gasteiger partial charge in [-0.05, 0) is 148 Å². The highest BCUT2D eigenvalue weighted by molar-refractivity contribution is 6.20. The van der Waals surface area contributed by atoms with E-state index in [-0.39, 0.29) is 5.41 Å². The Morgan fingerprint density at radius 2 is 1.17 bits per heavy atom. The lowest BCUT2D eigenvalue weighted by Gasteiger charge is -2.33. The third kappa shape index (κ3) is 5.17. The molecule has 2 nitrogen and oxygen atoms in total. The second-order valence-corrected chi connectivity index (χ2v) is 19.7. The molecule has 0 bridgehead atoms. The van der Waals surface area contributed by atoms with Crippen LogP contribution < -0.4 is 0 Å². The molecule has 9 aromatic rings. The van der Waals surface area contributed by atoms with Crippen LogP contribution in [0.5, 0.6) is 0 Å². The number of allylic oxidation sites excluding steroid dienone is 4. The highest BCUT2D eigenvalue weighted by Crippen LogP contribution is 2.65. The highest BCUT2D eigenvalue weighted by atomic mass is 15.0. The Labute approximate surface area is 376 Å². The Morgan fingerprint density at radius 3 is 1.91 bits per heavy atom. The summed E-state index contributed by atoms with van der Waals surface area (Å²) in [5.74, 6) is 1.33. The summed E-state index contributed by atoms with van der Waals surface area (Å²) in [6.45, 7) is 0. The van der Waals surface area contributed by atoms with Crippen LogP contribution in [0.1, 0.15) is 122 Å². The molecule has 5 aliphatic rings. The van der Waals surface area contributed by atoms with Crippen molar-refractivity contribution in [2.45, 2.75) is 94.3 Å². The van der Waals surface area contributed by atoms with E-state index >= 15 is 0 Å². The lowest BCUT2D eigenvalue weighted by atomic mass is 9.68. The Morgan fingerprint density at radius 1 is 0.516 bits per heavy atom. The van der Waals surface area contributed by atoms with Crippen LogP contribution in [0.4, 0.5) is 0 Å². The van der Waals surface area contributed by atoms with Gasteiger partial charge in [-0.3, -0.25) is 0 Å². The molecule has 2 saturated carbocycles. The second kappa shape index (κ2) is 14.2. The fraction of sp³-hybridized carbons (Fsp3) is 0.242. The molecule has 0 saturated heterocycles. The summed E-state index contributed by atoms with van der Waals surface area (Å²) < 4.78 is 2.55. The van der Waals surface area contributed by atoms with Crippen molar-refractivity contribution in [1.82, 2.24) is 9.55 Å². The molecular weight excluding hydrogens is 773 g/mol. The Bertz CT molecular complexity index is 3400. The van der Waals surface area contributed by atoms with Crippen molar-refractivity contribution < 1.29 is 0 Å². The summed E-state index contributed by atoms with van der Waals surface area (Å²) in [6.07, 6.45) is 20.3. The summed E-state index contributed by atoms with van der Waals surface area (Å²) in [6, 6.07) is 56.5. The molecule has 1 atom stereocenters. The minimum Gasteiger partial charge on any atom is -0.309 e. The number of fused-ring (bicyclic) bond motifs is 16. The molecule has 5 aliphatic carbocycles. The van der Waals surface area contributed by atoms with Crippen LogP contribution in [0.15, 0.2) is 163 Å². The van der Waals surface area contributed by atoms with Gasteiger partial charge in [0.25, 0.3) is 0 Å². The molecule has 64 heavy (non-hydrogen) atoms. The van der Waals surface area contributed by atoms with Gasteiger partial charge in [0, 0.05) is 38.2 Å². The predicted octanol–water partition coefficient (Wildman–Crippen LogP) is 16.7. The van der Waals surface area contributed by atoms with E-state index in [2.05, 4.69) is 162 Å². The lowest BCUT2D eigenvalue weighted by molar-refractivity contribution is 0.444. The Kier molecular flexibility index (Phi) is 8.22. The number of rotatable bonds is 4. The fourth-order valence-corrected chi connectivity index (χ4v) is 13.7. The zero-order valence-corrected chi connectivity index (χ0v) is 36.5. The summed E-state index contributed by atoms with van der Waals surface area (Å²) in [5, 5.41) is 6.54. The van der Waals surface area contributed by atoms with E-state index in [0.717, 1.165) is 29.6 Å². The van der Waals surface area contributed by atoms with Gasteiger partial charge in [0.05, 0.1) is 27.7 Å². The van der Waals surface area contributed by atoms with Gasteiger partial charge in [-0.1, -0.05) is 154 Å². The number of hydrogen-bond acceptors (Lipinski definition) is 1. The van der Waals surface area contributed by atoms with Crippen LogP contribution in [0.3, 0.4) is 0 Å². The average Bonchev–Trinajstić information content (AvgIpc) is 3.98. The number of pyridine rings is 1. The first-order valence-corrected chi connectivity index (χ1v) is 24.4. The molecule has 1 spiro atoms. The minimum absolute atomic E-state index is 0.314. The van der Waals surface area contributed by atoms with Gasteiger partial charge < -0.3 is 4.57 Å². The minimum atomic E-state index is -0.314. The van der Waals surface area contributed by atoms with E-state index < -0.39 is 0 Å². The molecule has 14 rings (SSSR count). The van der Waals surface area contributed by atoms with E-state index in [9.17, 15) is 0 Å². The zero-order chi connectivity index (χ0) is 41.9. The normalized spacial score (nSPS) is 19.6. The quantitative estimate of drug-likeness (QED) is 0.162. The molecule has 2 heterocycles. The first-order valence-electron chi connectivity index (χ1n) is 24.4. The smallest absolute Gasteiger partial charge is 0.0789 e. The van der Waals surface area contributed by atoms with Gasteiger partial charge >= 0.3 is 0 Å². The maximum atomic E-state index is 5.59. The first kappa shape index (κ1) is 36.9. The summed E-state index contributed by atoms with van der Waals surface area (Å²) in [5.41, 5.74) is 21.1. The van der Waals surface area contributed by atoms with E-state index in [1.807, 2.05) is 0 Å². The fourth-order valence-electron chi connectivity index (χ4n) is 13.7. The van der Waals surface area contributed by atoms with E-state index in [4.69, 9.17) is 4.98 Å². The van der Waals surface area contributed by atoms with Crippen molar-refractivity contribution in [1.29, 1.82) is 0 Å². The second-order valence-electron chi connectivity index (χ2n) is 19.7. The van der Waals surface area contributed by atoms with Crippen LogP contribution in [-0.2, 0) is 5.41 Å². The average molecular weight is 825 g/mol. The van der Waals surface area contributed by atoms with Crippen molar-refractivity contribution in [3.05, 3.63) is 197 Å². The largest absolute Gasteiger partial charge is 0.309 e. The zero-order valence-electron chi connectivity index (χ0n) is 36.5. The first-order chi connectivity index (χ1) is 31.8. The number of nitrogens with zero attached hydrogens (tertiary/aromatic N) is 2. The van der Waals surface area contributed by atoms with Gasteiger partial charge in [0.1, 0.15) is 0 Å². The van der Waals surface area contributed by atoms with Crippen LogP contribution in [0.25, 0.3) is 77.1 Å². The molecule has 0 aliphatic heterocycles. The third-order valence-electron chi connectivity index (χ3n) is 16.5. The molecule has 7 aromatic carbocycles. The van der Waals surface area contributed by atoms with Gasteiger partial charge in [-0.2, -0.15) is 0 Å². The Hall–Kier alpha value is -6.51.